The minimum absolute atomic E-state index is 0.298. The number of hydrogen-bond acceptors (Lipinski definition) is 3. The fourth-order valence-electron chi connectivity index (χ4n) is 1.65. The molecule has 0 aliphatic rings. The maximum Gasteiger partial charge on any atom is 0.0905 e. The standard InChI is InChI=1S/C12H27N3O/c1-4-11(2)15(9-10-16-3)8-6-5-7-12(13)14/h11H,4-10H2,1-3H3,(H3,13,14). The van der Waals surface area contributed by atoms with Crippen molar-refractivity contribution in [3.63, 3.8) is 0 Å². The van der Waals surface area contributed by atoms with Gasteiger partial charge in [0.05, 0.1) is 12.4 Å². The minimum atomic E-state index is 0.298. The molecule has 0 aliphatic carbocycles. The molecule has 0 rings (SSSR count). The Kier molecular flexibility index (Phi) is 9.24. The Morgan fingerprint density at radius 1 is 1.38 bits per heavy atom. The van der Waals surface area contributed by atoms with Gasteiger partial charge in [-0.15, -0.1) is 0 Å². The van der Waals surface area contributed by atoms with E-state index in [1.54, 1.807) is 7.11 Å². The molecule has 0 aromatic heterocycles. The zero-order valence-corrected chi connectivity index (χ0v) is 11.0. The first-order chi connectivity index (χ1) is 7.61. The van der Waals surface area contributed by atoms with Gasteiger partial charge in [-0.3, -0.25) is 10.3 Å². The molecule has 0 radical (unpaired) electrons. The van der Waals surface area contributed by atoms with E-state index in [0.29, 0.717) is 11.9 Å². The fourth-order valence-corrected chi connectivity index (χ4v) is 1.65. The van der Waals surface area contributed by atoms with E-state index < -0.39 is 0 Å². The predicted octanol–water partition coefficient (Wildman–Crippen LogP) is 1.84. The smallest absolute Gasteiger partial charge is 0.0905 e. The number of unbranched alkanes of at least 4 members (excludes halogenated alkanes) is 1. The van der Waals surface area contributed by atoms with Crippen molar-refractivity contribution >= 4 is 5.84 Å². The van der Waals surface area contributed by atoms with Crippen molar-refractivity contribution in [2.24, 2.45) is 5.73 Å². The summed E-state index contributed by atoms with van der Waals surface area (Å²) >= 11 is 0. The molecule has 0 spiro atoms. The highest BCUT2D eigenvalue weighted by atomic mass is 16.5. The summed E-state index contributed by atoms with van der Waals surface area (Å²) in [5.41, 5.74) is 5.33. The number of nitrogens with zero attached hydrogens (tertiary/aromatic N) is 1. The van der Waals surface area contributed by atoms with Crippen molar-refractivity contribution in [1.82, 2.24) is 4.90 Å². The van der Waals surface area contributed by atoms with Gasteiger partial charge in [-0.05, 0) is 32.7 Å². The lowest BCUT2D eigenvalue weighted by atomic mass is 10.1. The third kappa shape index (κ3) is 7.65. The number of hydrogen-bond donors (Lipinski definition) is 2. The number of nitrogens with two attached hydrogens (primary N) is 1. The van der Waals surface area contributed by atoms with E-state index in [2.05, 4.69) is 18.7 Å². The highest BCUT2D eigenvalue weighted by molar-refractivity contribution is 5.76. The van der Waals surface area contributed by atoms with Gasteiger partial charge in [0, 0.05) is 26.1 Å². The van der Waals surface area contributed by atoms with Gasteiger partial charge in [0.1, 0.15) is 0 Å². The molecule has 0 aromatic carbocycles. The molecule has 0 aliphatic heterocycles. The van der Waals surface area contributed by atoms with Crippen LogP contribution in [0.2, 0.25) is 0 Å². The van der Waals surface area contributed by atoms with E-state index in [-0.39, 0.29) is 0 Å². The van der Waals surface area contributed by atoms with Crippen molar-refractivity contribution in [2.45, 2.75) is 45.6 Å². The van der Waals surface area contributed by atoms with E-state index in [1.165, 1.54) is 0 Å². The Hall–Kier alpha value is -0.610. The molecule has 1 unspecified atom stereocenters. The molecule has 0 aromatic rings. The maximum absolute atomic E-state index is 7.16. The van der Waals surface area contributed by atoms with Crippen LogP contribution in [-0.2, 0) is 4.74 Å². The van der Waals surface area contributed by atoms with Gasteiger partial charge >= 0.3 is 0 Å². The third-order valence-corrected chi connectivity index (χ3v) is 2.94. The quantitative estimate of drug-likeness (QED) is 0.341. The number of nitrogens with one attached hydrogen (secondary N) is 1. The van der Waals surface area contributed by atoms with E-state index >= 15 is 0 Å². The number of methoxy groups -OCH3 is 1. The van der Waals surface area contributed by atoms with Crippen LogP contribution in [0.15, 0.2) is 0 Å². The second-order valence-electron chi connectivity index (χ2n) is 4.27. The van der Waals surface area contributed by atoms with E-state index in [4.69, 9.17) is 15.9 Å². The van der Waals surface area contributed by atoms with Crippen LogP contribution < -0.4 is 5.73 Å². The molecule has 0 fully saturated rings. The Morgan fingerprint density at radius 3 is 2.56 bits per heavy atom. The normalized spacial score (nSPS) is 13.0. The molecular formula is C12H27N3O. The summed E-state index contributed by atoms with van der Waals surface area (Å²) in [6, 6.07) is 0.604. The fraction of sp³-hybridized carbons (Fsp3) is 0.917. The third-order valence-electron chi connectivity index (χ3n) is 2.94. The molecule has 96 valence electrons. The summed E-state index contributed by atoms with van der Waals surface area (Å²) in [6.07, 6.45) is 4.00. The van der Waals surface area contributed by atoms with Crippen molar-refractivity contribution < 1.29 is 4.74 Å². The zero-order chi connectivity index (χ0) is 12.4. The zero-order valence-electron chi connectivity index (χ0n) is 11.0. The van der Waals surface area contributed by atoms with E-state index in [1.807, 2.05) is 0 Å². The van der Waals surface area contributed by atoms with Crippen LogP contribution in [0.25, 0.3) is 0 Å². The van der Waals surface area contributed by atoms with Gasteiger partial charge < -0.3 is 10.5 Å². The summed E-state index contributed by atoms with van der Waals surface area (Å²) in [5.74, 6) is 0.298. The summed E-state index contributed by atoms with van der Waals surface area (Å²) in [4.78, 5) is 2.45. The van der Waals surface area contributed by atoms with Gasteiger partial charge in [-0.1, -0.05) is 6.92 Å². The summed E-state index contributed by atoms with van der Waals surface area (Å²) < 4.78 is 5.12. The lowest BCUT2D eigenvalue weighted by Gasteiger charge is -2.28. The number of ether oxygens (including phenoxy) is 1. The number of rotatable bonds is 10. The van der Waals surface area contributed by atoms with Crippen molar-refractivity contribution in [3.8, 4) is 0 Å². The second kappa shape index (κ2) is 9.60. The molecular weight excluding hydrogens is 202 g/mol. The van der Waals surface area contributed by atoms with Gasteiger partial charge in [-0.2, -0.15) is 0 Å². The average Bonchev–Trinajstić information content (AvgIpc) is 2.26. The first kappa shape index (κ1) is 15.4. The van der Waals surface area contributed by atoms with Crippen LogP contribution in [0.5, 0.6) is 0 Å². The highest BCUT2D eigenvalue weighted by Gasteiger charge is 2.10. The van der Waals surface area contributed by atoms with Gasteiger partial charge in [0.15, 0.2) is 0 Å². The van der Waals surface area contributed by atoms with Crippen molar-refractivity contribution in [2.75, 3.05) is 26.8 Å². The topological polar surface area (TPSA) is 62.3 Å². The summed E-state index contributed by atoms with van der Waals surface area (Å²) in [7, 11) is 1.74. The van der Waals surface area contributed by atoms with Crippen molar-refractivity contribution in [3.05, 3.63) is 0 Å². The lowest BCUT2D eigenvalue weighted by Crippen LogP contribution is -2.36. The molecule has 3 N–H and O–H groups in total. The molecule has 16 heavy (non-hydrogen) atoms. The SMILES string of the molecule is CCC(C)N(CCCCC(=N)N)CCOC. The summed E-state index contributed by atoms with van der Waals surface area (Å²) in [5, 5.41) is 7.16. The Morgan fingerprint density at radius 2 is 2.06 bits per heavy atom. The molecule has 0 saturated carbocycles. The first-order valence-electron chi connectivity index (χ1n) is 6.17. The lowest BCUT2D eigenvalue weighted by molar-refractivity contribution is 0.121. The predicted molar refractivity (Wildman–Crippen MR) is 69.0 cm³/mol. The molecule has 0 heterocycles. The van der Waals surface area contributed by atoms with Gasteiger partial charge in [0.2, 0.25) is 0 Å². The Labute approximate surface area is 99.7 Å². The van der Waals surface area contributed by atoms with Crippen molar-refractivity contribution in [1.29, 1.82) is 5.41 Å². The van der Waals surface area contributed by atoms with Crippen LogP contribution in [0.1, 0.15) is 39.5 Å². The average molecular weight is 229 g/mol. The van der Waals surface area contributed by atoms with Gasteiger partial charge in [-0.25, -0.2) is 0 Å². The minimum Gasteiger partial charge on any atom is -0.388 e. The Balaban J connectivity index is 3.77. The van der Waals surface area contributed by atoms with E-state index in [0.717, 1.165) is 45.4 Å². The molecule has 4 nitrogen and oxygen atoms in total. The molecule has 1 atom stereocenters. The van der Waals surface area contributed by atoms with Crippen LogP contribution in [0.3, 0.4) is 0 Å². The van der Waals surface area contributed by atoms with Crippen LogP contribution in [0.4, 0.5) is 0 Å². The summed E-state index contributed by atoms with van der Waals surface area (Å²) in [6.45, 7) is 7.31. The molecule has 0 saturated heterocycles. The maximum atomic E-state index is 7.16. The van der Waals surface area contributed by atoms with E-state index in [9.17, 15) is 0 Å². The Bertz CT molecular complexity index is 185. The first-order valence-corrected chi connectivity index (χ1v) is 6.17. The second-order valence-corrected chi connectivity index (χ2v) is 4.27. The van der Waals surface area contributed by atoms with Crippen LogP contribution >= 0.6 is 0 Å². The highest BCUT2D eigenvalue weighted by Crippen LogP contribution is 2.06. The van der Waals surface area contributed by atoms with Gasteiger partial charge in [0.25, 0.3) is 0 Å². The molecule has 0 amide bonds. The van der Waals surface area contributed by atoms with Crippen LogP contribution in [0, 0.1) is 5.41 Å². The molecule has 0 bridgehead atoms. The van der Waals surface area contributed by atoms with Crippen LogP contribution in [-0.4, -0.2) is 43.6 Å². The number of amidine groups is 1. The largest absolute Gasteiger partial charge is 0.388 e. The monoisotopic (exact) mass is 229 g/mol. The molecule has 4 heteroatoms.